The summed E-state index contributed by atoms with van der Waals surface area (Å²) in [5, 5.41) is 15.2. The van der Waals surface area contributed by atoms with E-state index in [0.717, 1.165) is 0 Å². The maximum Gasteiger partial charge on any atom is 0.272 e. The van der Waals surface area contributed by atoms with Crippen LogP contribution in [-0.2, 0) is 7.05 Å². The minimum absolute atomic E-state index is 0.0709. The summed E-state index contributed by atoms with van der Waals surface area (Å²) in [6.07, 6.45) is 1.69. The SMILES string of the molecule is CC(CO)NC(=O)c1ccn(C)n1. The molecule has 0 fully saturated rings. The van der Waals surface area contributed by atoms with Crippen LogP contribution in [0.4, 0.5) is 0 Å². The van der Waals surface area contributed by atoms with Gasteiger partial charge in [0.05, 0.1) is 6.61 Å². The van der Waals surface area contributed by atoms with Crippen LogP contribution < -0.4 is 5.32 Å². The molecule has 2 N–H and O–H groups in total. The molecule has 13 heavy (non-hydrogen) atoms. The molecule has 1 aromatic heterocycles. The quantitative estimate of drug-likeness (QED) is 0.665. The number of aromatic nitrogens is 2. The maximum atomic E-state index is 11.3. The molecule has 5 heteroatoms. The molecule has 1 aromatic rings. The van der Waals surface area contributed by atoms with Crippen LogP contribution in [0, 0.1) is 0 Å². The van der Waals surface area contributed by atoms with Crippen LogP contribution in [0.3, 0.4) is 0 Å². The first-order valence-electron chi connectivity index (χ1n) is 4.05. The van der Waals surface area contributed by atoms with Crippen LogP contribution in [0.25, 0.3) is 0 Å². The second kappa shape index (κ2) is 4.04. The molecule has 0 aliphatic rings. The van der Waals surface area contributed by atoms with Crippen molar-refractivity contribution in [3.63, 3.8) is 0 Å². The third-order valence-corrected chi connectivity index (χ3v) is 1.60. The van der Waals surface area contributed by atoms with Crippen LogP contribution >= 0.6 is 0 Å². The Morgan fingerprint density at radius 3 is 3.00 bits per heavy atom. The number of hydrogen-bond acceptors (Lipinski definition) is 3. The Labute approximate surface area is 76.4 Å². The van der Waals surface area contributed by atoms with Crippen molar-refractivity contribution in [2.45, 2.75) is 13.0 Å². The largest absolute Gasteiger partial charge is 0.394 e. The lowest BCUT2D eigenvalue weighted by molar-refractivity contribution is 0.0916. The fraction of sp³-hybridized carbons (Fsp3) is 0.500. The van der Waals surface area contributed by atoms with E-state index in [4.69, 9.17) is 5.11 Å². The minimum Gasteiger partial charge on any atom is -0.394 e. The summed E-state index contributed by atoms with van der Waals surface area (Å²) >= 11 is 0. The topological polar surface area (TPSA) is 67.2 Å². The molecule has 0 saturated heterocycles. The Kier molecular flexibility index (Phi) is 3.02. The molecule has 1 unspecified atom stereocenters. The fourth-order valence-electron chi connectivity index (χ4n) is 0.880. The van der Waals surface area contributed by atoms with Crippen LogP contribution in [0.15, 0.2) is 12.3 Å². The van der Waals surface area contributed by atoms with Crippen molar-refractivity contribution in [2.75, 3.05) is 6.61 Å². The molecule has 1 amide bonds. The van der Waals surface area contributed by atoms with Gasteiger partial charge in [0.2, 0.25) is 0 Å². The Hall–Kier alpha value is -1.36. The summed E-state index contributed by atoms with van der Waals surface area (Å²) < 4.78 is 1.55. The maximum absolute atomic E-state index is 11.3. The third-order valence-electron chi connectivity index (χ3n) is 1.60. The summed E-state index contributed by atoms with van der Waals surface area (Å²) in [4.78, 5) is 11.3. The fourth-order valence-corrected chi connectivity index (χ4v) is 0.880. The zero-order valence-corrected chi connectivity index (χ0v) is 7.69. The van der Waals surface area contributed by atoms with Gasteiger partial charge in [-0.15, -0.1) is 0 Å². The molecule has 1 atom stereocenters. The van der Waals surface area contributed by atoms with Gasteiger partial charge < -0.3 is 10.4 Å². The van der Waals surface area contributed by atoms with E-state index in [1.165, 1.54) is 0 Å². The summed E-state index contributed by atoms with van der Waals surface area (Å²) in [6.45, 7) is 1.65. The Balaban J connectivity index is 2.58. The molecule has 0 bridgehead atoms. The Bertz CT molecular complexity index is 295. The van der Waals surface area contributed by atoms with Gasteiger partial charge in [0.15, 0.2) is 0 Å². The number of carbonyl (C=O) groups excluding carboxylic acids is 1. The molecule has 0 aromatic carbocycles. The third kappa shape index (κ3) is 2.55. The van der Waals surface area contributed by atoms with Crippen molar-refractivity contribution < 1.29 is 9.90 Å². The van der Waals surface area contributed by atoms with Gasteiger partial charge in [-0.05, 0) is 13.0 Å². The molecule has 72 valence electrons. The summed E-state index contributed by atoms with van der Waals surface area (Å²) in [5.74, 6) is -0.262. The second-order valence-corrected chi connectivity index (χ2v) is 2.93. The standard InChI is InChI=1S/C8H13N3O2/c1-6(5-12)9-8(13)7-3-4-11(2)10-7/h3-4,6,12H,5H2,1-2H3,(H,9,13). The van der Waals surface area contributed by atoms with Crippen molar-refractivity contribution in [2.24, 2.45) is 7.05 Å². The van der Waals surface area contributed by atoms with E-state index in [2.05, 4.69) is 10.4 Å². The highest BCUT2D eigenvalue weighted by atomic mass is 16.3. The van der Waals surface area contributed by atoms with Crippen molar-refractivity contribution >= 4 is 5.91 Å². The van der Waals surface area contributed by atoms with Crippen molar-refractivity contribution in [1.82, 2.24) is 15.1 Å². The van der Waals surface area contributed by atoms with Gasteiger partial charge in [-0.25, -0.2) is 0 Å². The first kappa shape index (κ1) is 9.73. The van der Waals surface area contributed by atoms with Gasteiger partial charge in [-0.3, -0.25) is 9.48 Å². The van der Waals surface area contributed by atoms with Gasteiger partial charge in [0.1, 0.15) is 5.69 Å². The predicted molar refractivity (Wildman–Crippen MR) is 47.2 cm³/mol. The summed E-state index contributed by atoms with van der Waals surface area (Å²) in [6, 6.07) is 1.38. The molecule has 0 aliphatic heterocycles. The molecular weight excluding hydrogens is 170 g/mol. The molecule has 0 aliphatic carbocycles. The van der Waals surface area contributed by atoms with Gasteiger partial charge >= 0.3 is 0 Å². The normalized spacial score (nSPS) is 12.5. The zero-order chi connectivity index (χ0) is 9.84. The number of amides is 1. The van der Waals surface area contributed by atoms with Crippen LogP contribution in [0.2, 0.25) is 0 Å². The molecule has 1 heterocycles. The monoisotopic (exact) mass is 183 g/mol. The average molecular weight is 183 g/mol. The van der Waals surface area contributed by atoms with Crippen molar-refractivity contribution in [1.29, 1.82) is 0 Å². The molecule has 0 saturated carbocycles. The van der Waals surface area contributed by atoms with E-state index in [0.29, 0.717) is 5.69 Å². The number of carbonyl (C=O) groups is 1. The lowest BCUT2D eigenvalue weighted by Gasteiger charge is -2.08. The van der Waals surface area contributed by atoms with Gasteiger partial charge in [0.25, 0.3) is 5.91 Å². The van der Waals surface area contributed by atoms with E-state index < -0.39 is 0 Å². The van der Waals surface area contributed by atoms with Crippen molar-refractivity contribution in [3.8, 4) is 0 Å². The zero-order valence-electron chi connectivity index (χ0n) is 7.69. The first-order chi connectivity index (χ1) is 6.13. The average Bonchev–Trinajstić information content (AvgIpc) is 2.51. The van der Waals surface area contributed by atoms with E-state index >= 15 is 0 Å². The van der Waals surface area contributed by atoms with E-state index in [1.54, 1.807) is 30.9 Å². The molecular formula is C8H13N3O2. The van der Waals surface area contributed by atoms with Crippen LogP contribution in [0.1, 0.15) is 17.4 Å². The number of nitrogens with one attached hydrogen (secondary N) is 1. The number of nitrogens with zero attached hydrogens (tertiary/aromatic N) is 2. The highest BCUT2D eigenvalue weighted by molar-refractivity contribution is 5.92. The van der Waals surface area contributed by atoms with E-state index in [9.17, 15) is 4.79 Å². The van der Waals surface area contributed by atoms with Gasteiger partial charge in [-0.2, -0.15) is 5.10 Å². The van der Waals surface area contributed by atoms with Gasteiger partial charge in [-0.1, -0.05) is 0 Å². The first-order valence-corrected chi connectivity index (χ1v) is 4.05. The number of aliphatic hydroxyl groups excluding tert-OH is 1. The summed E-state index contributed by atoms with van der Waals surface area (Å²) in [7, 11) is 1.74. The van der Waals surface area contributed by atoms with Crippen LogP contribution in [-0.4, -0.2) is 33.4 Å². The van der Waals surface area contributed by atoms with E-state index in [1.807, 2.05) is 0 Å². The molecule has 0 spiro atoms. The van der Waals surface area contributed by atoms with Crippen molar-refractivity contribution in [3.05, 3.63) is 18.0 Å². The Morgan fingerprint density at radius 1 is 1.85 bits per heavy atom. The lowest BCUT2D eigenvalue weighted by atomic mass is 10.3. The molecule has 1 rings (SSSR count). The van der Waals surface area contributed by atoms with E-state index in [-0.39, 0.29) is 18.6 Å². The van der Waals surface area contributed by atoms with Gasteiger partial charge in [0, 0.05) is 19.3 Å². The highest BCUT2D eigenvalue weighted by Gasteiger charge is 2.10. The number of aryl methyl sites for hydroxylation is 1. The lowest BCUT2D eigenvalue weighted by Crippen LogP contribution is -2.35. The van der Waals surface area contributed by atoms with Crippen LogP contribution in [0.5, 0.6) is 0 Å². The highest BCUT2D eigenvalue weighted by Crippen LogP contribution is 1.94. The molecule has 0 radical (unpaired) electrons. The number of hydrogen-bond donors (Lipinski definition) is 2. The molecule has 5 nitrogen and oxygen atoms in total. The predicted octanol–water partition coefficient (Wildman–Crippen LogP) is -0.469. The second-order valence-electron chi connectivity index (χ2n) is 2.93. The smallest absolute Gasteiger partial charge is 0.272 e. The Morgan fingerprint density at radius 2 is 2.54 bits per heavy atom. The number of aliphatic hydroxyl groups is 1. The number of rotatable bonds is 3. The minimum atomic E-state index is -0.262. The summed E-state index contributed by atoms with van der Waals surface area (Å²) in [5.41, 5.74) is 0.364.